The normalized spacial score (nSPS) is 15.6. The number of carbonyl (C=O) groups excluding carboxylic acids is 1. The summed E-state index contributed by atoms with van der Waals surface area (Å²) in [6, 6.07) is 8.18. The summed E-state index contributed by atoms with van der Waals surface area (Å²) in [5.74, 6) is 0.989. The van der Waals surface area contributed by atoms with Gasteiger partial charge in [-0.15, -0.1) is 11.3 Å². The highest BCUT2D eigenvalue weighted by molar-refractivity contribution is 7.18. The monoisotopic (exact) mass is 302 g/mol. The molecule has 1 aliphatic rings. The molecule has 1 fully saturated rings. The minimum Gasteiger partial charge on any atom is -0.356 e. The lowest BCUT2D eigenvalue weighted by Crippen LogP contribution is -2.25. The highest BCUT2D eigenvalue weighted by atomic mass is 32.1. The average Bonchev–Trinajstić information content (AvgIpc) is 3.14. The maximum Gasteiger partial charge on any atom is 0.220 e. The third-order valence-corrected chi connectivity index (χ3v) is 5.35. The molecule has 1 aromatic carbocycles. The van der Waals surface area contributed by atoms with E-state index in [4.69, 9.17) is 0 Å². The van der Waals surface area contributed by atoms with Crippen molar-refractivity contribution in [1.29, 1.82) is 0 Å². The van der Waals surface area contributed by atoms with Crippen LogP contribution in [0.25, 0.3) is 10.2 Å². The van der Waals surface area contributed by atoms with E-state index in [1.807, 2.05) is 18.2 Å². The largest absolute Gasteiger partial charge is 0.356 e. The Balaban J connectivity index is 1.39. The van der Waals surface area contributed by atoms with Gasteiger partial charge in [-0.05, 0) is 24.5 Å². The number of para-hydroxylation sites is 1. The lowest BCUT2D eigenvalue weighted by atomic mass is 10.0. The number of benzene rings is 1. The Labute approximate surface area is 129 Å². The first-order valence-electron chi connectivity index (χ1n) is 7.92. The highest BCUT2D eigenvalue weighted by Gasteiger charge is 2.15. The Morgan fingerprint density at radius 1 is 1.29 bits per heavy atom. The summed E-state index contributed by atoms with van der Waals surface area (Å²) in [5.41, 5.74) is 1.06. The summed E-state index contributed by atoms with van der Waals surface area (Å²) >= 11 is 1.72. The predicted octanol–water partition coefficient (Wildman–Crippen LogP) is 3.93. The fourth-order valence-corrected chi connectivity index (χ4v) is 4.03. The van der Waals surface area contributed by atoms with Crippen LogP contribution in [0.5, 0.6) is 0 Å². The lowest BCUT2D eigenvalue weighted by molar-refractivity contribution is -0.121. The molecular weight excluding hydrogens is 280 g/mol. The predicted molar refractivity (Wildman–Crippen MR) is 87.5 cm³/mol. The summed E-state index contributed by atoms with van der Waals surface area (Å²) in [6.07, 6.45) is 7.91. The van der Waals surface area contributed by atoms with Crippen LogP contribution in [0.2, 0.25) is 0 Å². The maximum absolute atomic E-state index is 11.8. The zero-order chi connectivity index (χ0) is 14.5. The number of fused-ring (bicyclic) bond motifs is 1. The van der Waals surface area contributed by atoms with Gasteiger partial charge in [0.25, 0.3) is 0 Å². The lowest BCUT2D eigenvalue weighted by Gasteiger charge is -2.08. The summed E-state index contributed by atoms with van der Waals surface area (Å²) in [5, 5.41) is 4.13. The van der Waals surface area contributed by atoms with Gasteiger partial charge in [-0.2, -0.15) is 0 Å². The second kappa shape index (κ2) is 7.03. The van der Waals surface area contributed by atoms with Crippen molar-refractivity contribution in [3.63, 3.8) is 0 Å². The Kier molecular flexibility index (Phi) is 4.86. The van der Waals surface area contributed by atoms with Gasteiger partial charge in [0, 0.05) is 19.4 Å². The van der Waals surface area contributed by atoms with Crippen LogP contribution in [0, 0.1) is 5.92 Å². The van der Waals surface area contributed by atoms with Crippen LogP contribution in [0.15, 0.2) is 24.3 Å². The molecule has 0 aliphatic heterocycles. The van der Waals surface area contributed by atoms with Gasteiger partial charge in [0.1, 0.15) is 0 Å². The number of hydrogen-bond donors (Lipinski definition) is 1. The Morgan fingerprint density at radius 2 is 2.10 bits per heavy atom. The molecule has 112 valence electrons. The first-order valence-corrected chi connectivity index (χ1v) is 8.74. The molecule has 0 unspecified atom stereocenters. The summed E-state index contributed by atoms with van der Waals surface area (Å²) in [6.45, 7) is 0.698. The summed E-state index contributed by atoms with van der Waals surface area (Å²) in [4.78, 5) is 16.4. The van der Waals surface area contributed by atoms with Gasteiger partial charge in [0.05, 0.1) is 15.2 Å². The zero-order valence-corrected chi connectivity index (χ0v) is 13.1. The van der Waals surface area contributed by atoms with Crippen LogP contribution >= 0.6 is 11.3 Å². The van der Waals surface area contributed by atoms with Crippen LogP contribution in [0.3, 0.4) is 0 Å². The molecule has 1 amide bonds. The molecule has 0 atom stereocenters. The molecular formula is C17H22N2OS. The first-order chi connectivity index (χ1) is 10.3. The van der Waals surface area contributed by atoms with E-state index >= 15 is 0 Å². The molecule has 3 nitrogen and oxygen atoms in total. The van der Waals surface area contributed by atoms with Crippen molar-refractivity contribution in [2.24, 2.45) is 5.92 Å². The van der Waals surface area contributed by atoms with Gasteiger partial charge in [-0.1, -0.05) is 37.8 Å². The van der Waals surface area contributed by atoms with Gasteiger partial charge < -0.3 is 5.32 Å². The number of carbonyl (C=O) groups is 1. The fourth-order valence-electron chi connectivity index (χ4n) is 3.06. The number of rotatable bonds is 6. The molecule has 0 spiro atoms. The van der Waals surface area contributed by atoms with E-state index in [1.54, 1.807) is 11.3 Å². The van der Waals surface area contributed by atoms with E-state index in [0.29, 0.717) is 13.0 Å². The summed E-state index contributed by atoms with van der Waals surface area (Å²) in [7, 11) is 0. The van der Waals surface area contributed by atoms with Crippen molar-refractivity contribution in [1.82, 2.24) is 10.3 Å². The topological polar surface area (TPSA) is 42.0 Å². The standard InChI is InChI=1S/C17H22N2OS/c20-16(10-9-13-5-1-2-6-13)18-12-11-17-19-14-7-3-4-8-15(14)21-17/h3-4,7-8,13H,1-2,5-6,9-12H2,(H,18,20). The fraction of sp³-hybridized carbons (Fsp3) is 0.529. The quantitative estimate of drug-likeness (QED) is 0.878. The van der Waals surface area contributed by atoms with E-state index in [1.165, 1.54) is 30.4 Å². The smallest absolute Gasteiger partial charge is 0.220 e. The van der Waals surface area contributed by atoms with Crippen LogP contribution < -0.4 is 5.32 Å². The third-order valence-electron chi connectivity index (χ3n) is 4.25. The van der Waals surface area contributed by atoms with Crippen molar-refractivity contribution < 1.29 is 4.79 Å². The first kappa shape index (κ1) is 14.5. The Bertz CT molecular complexity index is 569. The van der Waals surface area contributed by atoms with E-state index in [0.717, 1.165) is 29.3 Å². The second-order valence-corrected chi connectivity index (χ2v) is 6.98. The third kappa shape index (κ3) is 4.03. The number of nitrogens with zero attached hydrogens (tertiary/aromatic N) is 1. The molecule has 3 rings (SSSR count). The highest BCUT2D eigenvalue weighted by Crippen LogP contribution is 2.28. The van der Waals surface area contributed by atoms with E-state index in [9.17, 15) is 4.79 Å². The number of amides is 1. The molecule has 1 aliphatic carbocycles. The van der Waals surface area contributed by atoms with Crippen molar-refractivity contribution in [3.05, 3.63) is 29.3 Å². The SMILES string of the molecule is O=C(CCC1CCCC1)NCCc1nc2ccccc2s1. The average molecular weight is 302 g/mol. The minimum absolute atomic E-state index is 0.197. The van der Waals surface area contributed by atoms with Crippen LogP contribution in [0.4, 0.5) is 0 Å². The minimum atomic E-state index is 0.197. The van der Waals surface area contributed by atoms with Crippen LogP contribution in [-0.2, 0) is 11.2 Å². The van der Waals surface area contributed by atoms with Crippen LogP contribution in [0.1, 0.15) is 43.5 Å². The number of hydrogen-bond acceptors (Lipinski definition) is 3. The molecule has 0 bridgehead atoms. The second-order valence-electron chi connectivity index (χ2n) is 5.86. The maximum atomic E-state index is 11.8. The van der Waals surface area contributed by atoms with Gasteiger partial charge in [0.15, 0.2) is 0 Å². The van der Waals surface area contributed by atoms with Gasteiger partial charge >= 0.3 is 0 Å². The molecule has 4 heteroatoms. The van der Waals surface area contributed by atoms with Gasteiger partial charge in [-0.25, -0.2) is 4.98 Å². The Morgan fingerprint density at radius 3 is 2.90 bits per heavy atom. The van der Waals surface area contributed by atoms with E-state index < -0.39 is 0 Å². The van der Waals surface area contributed by atoms with Crippen molar-refractivity contribution in [2.45, 2.75) is 44.9 Å². The molecule has 1 saturated carbocycles. The van der Waals surface area contributed by atoms with E-state index in [-0.39, 0.29) is 5.91 Å². The number of aromatic nitrogens is 1. The molecule has 1 aromatic heterocycles. The number of thiazole rings is 1. The molecule has 1 N–H and O–H groups in total. The van der Waals surface area contributed by atoms with Crippen molar-refractivity contribution in [2.75, 3.05) is 6.54 Å². The number of nitrogens with one attached hydrogen (secondary N) is 1. The van der Waals surface area contributed by atoms with E-state index in [2.05, 4.69) is 16.4 Å². The Hall–Kier alpha value is -1.42. The zero-order valence-electron chi connectivity index (χ0n) is 12.3. The molecule has 21 heavy (non-hydrogen) atoms. The molecule has 0 saturated heterocycles. The molecule has 0 radical (unpaired) electrons. The summed E-state index contributed by atoms with van der Waals surface area (Å²) < 4.78 is 1.22. The van der Waals surface area contributed by atoms with Crippen molar-refractivity contribution >= 4 is 27.5 Å². The van der Waals surface area contributed by atoms with Crippen LogP contribution in [-0.4, -0.2) is 17.4 Å². The van der Waals surface area contributed by atoms with Gasteiger partial charge in [-0.3, -0.25) is 4.79 Å². The molecule has 2 aromatic rings. The van der Waals surface area contributed by atoms with Crippen molar-refractivity contribution in [3.8, 4) is 0 Å². The van der Waals surface area contributed by atoms with Gasteiger partial charge in [0.2, 0.25) is 5.91 Å². The molecule has 1 heterocycles.